The van der Waals surface area contributed by atoms with Gasteiger partial charge >= 0.3 is 0 Å². The molecule has 1 aromatic heterocycles. The van der Waals surface area contributed by atoms with Crippen LogP contribution in [0.5, 0.6) is 0 Å². The standard InChI is InChI=1S/C14H14BrClFNS/c1-2-18-14(7-11-5-9(15)8-19-11)12-6-10(16)3-4-13(12)17/h3-6,8,14,18H,2,7H2,1H3. The number of thiophene rings is 1. The minimum atomic E-state index is -0.217. The van der Waals surface area contributed by atoms with Crippen LogP contribution in [0.1, 0.15) is 23.4 Å². The highest BCUT2D eigenvalue weighted by Gasteiger charge is 2.16. The smallest absolute Gasteiger partial charge is 0.128 e. The Morgan fingerprint density at radius 2 is 2.21 bits per heavy atom. The van der Waals surface area contributed by atoms with E-state index in [1.54, 1.807) is 23.5 Å². The summed E-state index contributed by atoms with van der Waals surface area (Å²) in [5, 5.41) is 5.91. The van der Waals surface area contributed by atoms with Crippen molar-refractivity contribution in [3.8, 4) is 0 Å². The van der Waals surface area contributed by atoms with Crippen LogP contribution in [-0.4, -0.2) is 6.54 Å². The monoisotopic (exact) mass is 361 g/mol. The molecule has 1 heterocycles. The maximum atomic E-state index is 13.9. The van der Waals surface area contributed by atoms with Gasteiger partial charge in [0.05, 0.1) is 0 Å². The lowest BCUT2D eigenvalue weighted by Gasteiger charge is -2.18. The Bertz CT molecular complexity index is 558. The van der Waals surface area contributed by atoms with Gasteiger partial charge in [0.1, 0.15) is 5.82 Å². The molecule has 0 amide bonds. The van der Waals surface area contributed by atoms with E-state index in [0.29, 0.717) is 10.6 Å². The molecule has 0 aliphatic carbocycles. The van der Waals surface area contributed by atoms with Crippen molar-refractivity contribution >= 4 is 38.9 Å². The highest BCUT2D eigenvalue weighted by molar-refractivity contribution is 9.10. The van der Waals surface area contributed by atoms with Crippen LogP contribution >= 0.6 is 38.9 Å². The fourth-order valence-corrected chi connectivity index (χ4v) is 3.66. The third-order valence-corrected chi connectivity index (χ3v) is 4.77. The Morgan fingerprint density at radius 1 is 1.42 bits per heavy atom. The summed E-state index contributed by atoms with van der Waals surface area (Å²) in [7, 11) is 0. The van der Waals surface area contributed by atoms with Gasteiger partial charge in [-0.05, 0) is 46.7 Å². The predicted octanol–water partition coefficient (Wildman–Crippen LogP) is 5.20. The van der Waals surface area contributed by atoms with Crippen molar-refractivity contribution in [1.29, 1.82) is 0 Å². The van der Waals surface area contributed by atoms with E-state index in [-0.39, 0.29) is 11.9 Å². The van der Waals surface area contributed by atoms with Gasteiger partial charge in [-0.1, -0.05) is 18.5 Å². The molecule has 19 heavy (non-hydrogen) atoms. The Labute approximate surface area is 129 Å². The lowest BCUT2D eigenvalue weighted by molar-refractivity contribution is 0.512. The molecule has 1 unspecified atom stereocenters. The molecular weight excluding hydrogens is 349 g/mol. The maximum absolute atomic E-state index is 13.9. The second-order valence-corrected chi connectivity index (χ2v) is 6.56. The van der Waals surface area contributed by atoms with Gasteiger partial charge in [0.25, 0.3) is 0 Å². The van der Waals surface area contributed by atoms with E-state index in [9.17, 15) is 4.39 Å². The summed E-state index contributed by atoms with van der Waals surface area (Å²) >= 11 is 11.1. The van der Waals surface area contributed by atoms with Crippen molar-refractivity contribution in [3.05, 3.63) is 55.4 Å². The van der Waals surface area contributed by atoms with Crippen LogP contribution in [0.2, 0.25) is 5.02 Å². The first kappa shape index (κ1) is 15.0. The SMILES string of the molecule is CCNC(Cc1cc(Br)cs1)c1cc(Cl)ccc1F. The summed E-state index contributed by atoms with van der Waals surface area (Å²) < 4.78 is 15.0. The van der Waals surface area contributed by atoms with Crippen molar-refractivity contribution in [3.63, 3.8) is 0 Å². The van der Waals surface area contributed by atoms with E-state index in [1.165, 1.54) is 10.9 Å². The Balaban J connectivity index is 2.26. The number of hydrogen-bond acceptors (Lipinski definition) is 2. The first-order valence-corrected chi connectivity index (χ1v) is 8.06. The highest BCUT2D eigenvalue weighted by Crippen LogP contribution is 2.28. The number of rotatable bonds is 5. The molecule has 2 rings (SSSR count). The lowest BCUT2D eigenvalue weighted by Crippen LogP contribution is -2.23. The van der Waals surface area contributed by atoms with Gasteiger partial charge in [0.15, 0.2) is 0 Å². The molecule has 1 N–H and O–H groups in total. The van der Waals surface area contributed by atoms with Crippen LogP contribution in [0.15, 0.2) is 34.1 Å². The maximum Gasteiger partial charge on any atom is 0.128 e. The predicted molar refractivity (Wildman–Crippen MR) is 83.6 cm³/mol. The average Bonchev–Trinajstić information content (AvgIpc) is 2.77. The highest BCUT2D eigenvalue weighted by atomic mass is 79.9. The number of likely N-dealkylation sites (N-methyl/N-ethyl adjacent to an activating group) is 1. The number of hydrogen-bond donors (Lipinski definition) is 1. The molecule has 0 aliphatic rings. The van der Waals surface area contributed by atoms with Gasteiger partial charge in [0, 0.05) is 37.8 Å². The van der Waals surface area contributed by atoms with Crippen LogP contribution in [0.3, 0.4) is 0 Å². The Morgan fingerprint density at radius 3 is 2.84 bits per heavy atom. The van der Waals surface area contributed by atoms with Crippen LogP contribution < -0.4 is 5.32 Å². The van der Waals surface area contributed by atoms with Crippen LogP contribution in [-0.2, 0) is 6.42 Å². The molecule has 0 spiro atoms. The van der Waals surface area contributed by atoms with Gasteiger partial charge in [-0.2, -0.15) is 0 Å². The minimum absolute atomic E-state index is 0.0609. The minimum Gasteiger partial charge on any atom is -0.310 e. The third-order valence-electron chi connectivity index (χ3n) is 2.81. The summed E-state index contributed by atoms with van der Waals surface area (Å²) in [5.41, 5.74) is 0.624. The molecule has 1 atom stereocenters. The number of benzene rings is 1. The fraction of sp³-hybridized carbons (Fsp3) is 0.286. The summed E-state index contributed by atoms with van der Waals surface area (Å²) in [6.07, 6.45) is 0.751. The molecule has 0 saturated heterocycles. The zero-order valence-electron chi connectivity index (χ0n) is 10.4. The molecular formula is C14H14BrClFNS. The van der Waals surface area contributed by atoms with E-state index in [4.69, 9.17) is 11.6 Å². The lowest BCUT2D eigenvalue weighted by atomic mass is 10.0. The second kappa shape index (κ2) is 6.84. The quantitative estimate of drug-likeness (QED) is 0.771. The zero-order valence-corrected chi connectivity index (χ0v) is 13.6. The summed E-state index contributed by atoms with van der Waals surface area (Å²) in [6.45, 7) is 2.79. The van der Waals surface area contributed by atoms with E-state index in [0.717, 1.165) is 17.4 Å². The van der Waals surface area contributed by atoms with Crippen LogP contribution in [0, 0.1) is 5.82 Å². The van der Waals surface area contributed by atoms with Gasteiger partial charge in [0.2, 0.25) is 0 Å². The zero-order chi connectivity index (χ0) is 13.8. The Kier molecular flexibility index (Phi) is 5.39. The topological polar surface area (TPSA) is 12.0 Å². The summed E-state index contributed by atoms with van der Waals surface area (Å²) in [5.74, 6) is -0.217. The van der Waals surface area contributed by atoms with Gasteiger partial charge < -0.3 is 5.32 Å². The number of nitrogens with one attached hydrogen (secondary N) is 1. The number of halogens is 3. The van der Waals surface area contributed by atoms with Crippen molar-refractivity contribution in [1.82, 2.24) is 5.32 Å². The van der Waals surface area contributed by atoms with E-state index < -0.39 is 0 Å². The van der Waals surface area contributed by atoms with E-state index in [1.807, 2.05) is 12.3 Å². The van der Waals surface area contributed by atoms with Crippen LogP contribution in [0.4, 0.5) is 4.39 Å². The van der Waals surface area contributed by atoms with Crippen molar-refractivity contribution in [2.75, 3.05) is 6.54 Å². The first-order valence-electron chi connectivity index (χ1n) is 6.01. The molecule has 0 saturated carbocycles. The van der Waals surface area contributed by atoms with Crippen LogP contribution in [0.25, 0.3) is 0 Å². The first-order chi connectivity index (χ1) is 9.10. The summed E-state index contributed by atoms with van der Waals surface area (Å²) in [4.78, 5) is 1.21. The largest absolute Gasteiger partial charge is 0.310 e. The molecule has 1 aromatic carbocycles. The second-order valence-electron chi connectivity index (χ2n) is 4.21. The molecule has 0 bridgehead atoms. The van der Waals surface area contributed by atoms with Gasteiger partial charge in [-0.25, -0.2) is 4.39 Å². The molecule has 2 aromatic rings. The molecule has 1 nitrogen and oxygen atoms in total. The van der Waals surface area contributed by atoms with E-state index >= 15 is 0 Å². The molecule has 102 valence electrons. The normalized spacial score (nSPS) is 12.6. The van der Waals surface area contributed by atoms with Crippen molar-refractivity contribution < 1.29 is 4.39 Å². The average molecular weight is 363 g/mol. The van der Waals surface area contributed by atoms with Gasteiger partial charge in [-0.15, -0.1) is 11.3 Å². The van der Waals surface area contributed by atoms with E-state index in [2.05, 4.69) is 27.3 Å². The van der Waals surface area contributed by atoms with Crippen molar-refractivity contribution in [2.45, 2.75) is 19.4 Å². The van der Waals surface area contributed by atoms with Gasteiger partial charge in [-0.3, -0.25) is 0 Å². The molecule has 0 fully saturated rings. The molecule has 0 aliphatic heterocycles. The molecule has 0 radical (unpaired) electrons. The summed E-state index contributed by atoms with van der Waals surface area (Å²) in [6, 6.07) is 6.70. The molecule has 5 heteroatoms. The Hall–Kier alpha value is -0.420. The third kappa shape index (κ3) is 4.02. The fourth-order valence-electron chi connectivity index (χ4n) is 1.98. The van der Waals surface area contributed by atoms with Crippen molar-refractivity contribution in [2.24, 2.45) is 0 Å².